The van der Waals surface area contributed by atoms with Crippen molar-refractivity contribution in [3.05, 3.63) is 34.1 Å². The fourth-order valence-electron chi connectivity index (χ4n) is 1.39. The van der Waals surface area contributed by atoms with Gasteiger partial charge in [0.15, 0.2) is 0 Å². The molecule has 0 radical (unpaired) electrons. The first-order valence-electron chi connectivity index (χ1n) is 5.62. The highest BCUT2D eigenvalue weighted by atomic mass is 32.2. The van der Waals surface area contributed by atoms with E-state index in [0.717, 1.165) is 11.8 Å². The van der Waals surface area contributed by atoms with E-state index in [4.69, 9.17) is 0 Å². The summed E-state index contributed by atoms with van der Waals surface area (Å²) in [7, 11) is 0. The van der Waals surface area contributed by atoms with Crippen molar-refractivity contribution in [2.45, 2.75) is 25.5 Å². The second-order valence-corrected chi connectivity index (χ2v) is 6.70. The predicted molar refractivity (Wildman–Crippen MR) is 73.8 cm³/mol. The third-order valence-electron chi connectivity index (χ3n) is 2.12. The van der Waals surface area contributed by atoms with Crippen LogP contribution in [0.4, 0.5) is 15.8 Å². The van der Waals surface area contributed by atoms with Crippen molar-refractivity contribution >= 4 is 23.1 Å². The van der Waals surface area contributed by atoms with Crippen molar-refractivity contribution in [3.8, 4) is 0 Å². The van der Waals surface area contributed by atoms with Crippen molar-refractivity contribution in [2.75, 3.05) is 17.6 Å². The van der Waals surface area contributed by atoms with Crippen molar-refractivity contribution in [2.24, 2.45) is 0 Å². The molecule has 0 bridgehead atoms. The zero-order valence-electron chi connectivity index (χ0n) is 10.7. The number of nitro benzene ring substituents is 1. The Labute approximate surface area is 110 Å². The van der Waals surface area contributed by atoms with E-state index >= 15 is 0 Å². The van der Waals surface area contributed by atoms with Gasteiger partial charge in [0.25, 0.3) is 0 Å². The average Bonchev–Trinajstić information content (AvgIpc) is 2.22. The maximum Gasteiger partial charge on any atom is 0.327 e. The number of rotatable bonds is 5. The Morgan fingerprint density at radius 2 is 2.11 bits per heavy atom. The third kappa shape index (κ3) is 4.52. The Bertz CT molecular complexity index is 433. The van der Waals surface area contributed by atoms with E-state index in [-0.39, 0.29) is 10.4 Å². The molecular formula is C12H17FN2O2S. The molecule has 100 valence electrons. The minimum atomic E-state index is -0.812. The first-order valence-corrected chi connectivity index (χ1v) is 6.60. The summed E-state index contributed by atoms with van der Waals surface area (Å²) in [6.07, 6.45) is 0. The number of hydrogen-bond acceptors (Lipinski definition) is 4. The standard InChI is InChI=1S/C12H17FN2O2S/c1-12(2,3)18-8-7-14-10-6-4-5-9(13)11(10)15(16)17/h4-6,14H,7-8H2,1-3H3. The van der Waals surface area contributed by atoms with Crippen molar-refractivity contribution in [3.63, 3.8) is 0 Å². The van der Waals surface area contributed by atoms with Gasteiger partial charge in [-0.15, -0.1) is 0 Å². The number of thioether (sulfide) groups is 1. The summed E-state index contributed by atoms with van der Waals surface area (Å²) >= 11 is 1.75. The second kappa shape index (κ2) is 6.04. The van der Waals surface area contributed by atoms with Gasteiger partial charge in [-0.3, -0.25) is 10.1 Å². The number of nitro groups is 1. The third-order valence-corrected chi connectivity index (χ3v) is 3.40. The molecule has 0 aromatic heterocycles. The van der Waals surface area contributed by atoms with Gasteiger partial charge in [-0.1, -0.05) is 26.8 Å². The highest BCUT2D eigenvalue weighted by molar-refractivity contribution is 8.00. The van der Waals surface area contributed by atoms with E-state index < -0.39 is 16.4 Å². The molecule has 0 atom stereocenters. The zero-order chi connectivity index (χ0) is 13.8. The Kier molecular flexibility index (Phi) is 4.95. The molecule has 0 unspecified atom stereocenters. The molecule has 0 aliphatic rings. The highest BCUT2D eigenvalue weighted by Crippen LogP contribution is 2.28. The lowest BCUT2D eigenvalue weighted by molar-refractivity contribution is -0.386. The predicted octanol–water partition coefficient (Wildman–Crippen LogP) is 3.68. The molecule has 0 aliphatic heterocycles. The average molecular weight is 272 g/mol. The van der Waals surface area contributed by atoms with Crippen molar-refractivity contribution in [1.82, 2.24) is 0 Å². The van der Waals surface area contributed by atoms with Gasteiger partial charge < -0.3 is 5.32 Å². The Hall–Kier alpha value is -1.30. The van der Waals surface area contributed by atoms with Crippen LogP contribution in [0.3, 0.4) is 0 Å². The number of nitrogens with zero attached hydrogens (tertiary/aromatic N) is 1. The van der Waals surface area contributed by atoms with Crippen LogP contribution in [-0.2, 0) is 0 Å². The highest BCUT2D eigenvalue weighted by Gasteiger charge is 2.19. The minimum absolute atomic E-state index is 0.148. The Morgan fingerprint density at radius 3 is 2.67 bits per heavy atom. The van der Waals surface area contributed by atoms with Gasteiger partial charge in [-0.05, 0) is 12.1 Å². The summed E-state index contributed by atoms with van der Waals surface area (Å²) in [6.45, 7) is 6.86. The summed E-state index contributed by atoms with van der Waals surface area (Å²) in [5.74, 6) is -0.00885. The Morgan fingerprint density at radius 1 is 1.44 bits per heavy atom. The van der Waals surface area contributed by atoms with Crippen LogP contribution in [0.25, 0.3) is 0 Å². The smallest absolute Gasteiger partial charge is 0.327 e. The zero-order valence-corrected chi connectivity index (χ0v) is 11.5. The van der Waals surface area contributed by atoms with Gasteiger partial charge in [0.1, 0.15) is 5.69 Å². The van der Waals surface area contributed by atoms with Gasteiger partial charge >= 0.3 is 5.69 Å². The molecule has 1 aromatic rings. The number of anilines is 1. The van der Waals surface area contributed by atoms with Gasteiger partial charge in [0.05, 0.1) is 4.92 Å². The van der Waals surface area contributed by atoms with Crippen LogP contribution in [-0.4, -0.2) is 22.0 Å². The summed E-state index contributed by atoms with van der Waals surface area (Å²) in [6, 6.07) is 4.07. The van der Waals surface area contributed by atoms with E-state index in [1.165, 1.54) is 12.1 Å². The van der Waals surface area contributed by atoms with Crippen molar-refractivity contribution in [1.29, 1.82) is 0 Å². The number of para-hydroxylation sites is 1. The summed E-state index contributed by atoms with van der Waals surface area (Å²) in [5.41, 5.74) is -0.257. The maximum atomic E-state index is 13.3. The molecule has 0 amide bonds. The SMILES string of the molecule is CC(C)(C)SCCNc1cccc(F)c1[N+](=O)[O-]. The number of nitrogens with one attached hydrogen (secondary N) is 1. The lowest BCUT2D eigenvalue weighted by Crippen LogP contribution is -2.13. The van der Waals surface area contributed by atoms with Crippen LogP contribution >= 0.6 is 11.8 Å². The van der Waals surface area contributed by atoms with Crippen LogP contribution in [0.1, 0.15) is 20.8 Å². The number of halogens is 1. The molecule has 0 heterocycles. The fourth-order valence-corrected chi connectivity index (χ4v) is 2.20. The molecule has 4 nitrogen and oxygen atoms in total. The molecule has 1 aromatic carbocycles. The number of benzene rings is 1. The second-order valence-electron chi connectivity index (χ2n) is 4.78. The summed E-state index contributed by atoms with van der Waals surface area (Å²) in [4.78, 5) is 10.1. The first-order chi connectivity index (χ1) is 8.31. The molecule has 18 heavy (non-hydrogen) atoms. The molecule has 6 heteroatoms. The lowest BCUT2D eigenvalue weighted by atomic mass is 10.2. The van der Waals surface area contributed by atoms with Crippen LogP contribution in [0, 0.1) is 15.9 Å². The first kappa shape index (κ1) is 14.8. The fraction of sp³-hybridized carbons (Fsp3) is 0.500. The molecule has 0 fully saturated rings. The summed E-state index contributed by atoms with van der Waals surface area (Å²) in [5, 5.41) is 13.7. The molecule has 1 rings (SSSR count). The Balaban J connectivity index is 2.63. The molecule has 0 spiro atoms. The molecule has 1 N–H and O–H groups in total. The minimum Gasteiger partial charge on any atom is -0.379 e. The van der Waals surface area contributed by atoms with E-state index in [2.05, 4.69) is 26.1 Å². The van der Waals surface area contributed by atoms with Gasteiger partial charge in [-0.25, -0.2) is 0 Å². The molecule has 0 saturated carbocycles. The van der Waals surface area contributed by atoms with E-state index in [9.17, 15) is 14.5 Å². The maximum absolute atomic E-state index is 13.3. The van der Waals surface area contributed by atoms with Crippen molar-refractivity contribution < 1.29 is 9.31 Å². The van der Waals surface area contributed by atoms with Gasteiger partial charge in [0.2, 0.25) is 5.82 Å². The monoisotopic (exact) mass is 272 g/mol. The van der Waals surface area contributed by atoms with E-state index in [1.54, 1.807) is 11.8 Å². The van der Waals surface area contributed by atoms with E-state index in [1.807, 2.05) is 0 Å². The number of hydrogen-bond donors (Lipinski definition) is 1. The topological polar surface area (TPSA) is 55.2 Å². The largest absolute Gasteiger partial charge is 0.379 e. The summed E-state index contributed by atoms with van der Waals surface area (Å²) < 4.78 is 13.5. The lowest BCUT2D eigenvalue weighted by Gasteiger charge is -2.17. The van der Waals surface area contributed by atoms with Crippen LogP contribution in [0.2, 0.25) is 0 Å². The molecular weight excluding hydrogens is 255 g/mol. The van der Waals surface area contributed by atoms with Gasteiger partial charge in [-0.2, -0.15) is 16.2 Å². The normalized spacial score (nSPS) is 11.3. The van der Waals surface area contributed by atoms with E-state index in [0.29, 0.717) is 6.54 Å². The molecule has 0 aliphatic carbocycles. The van der Waals surface area contributed by atoms with Crippen LogP contribution < -0.4 is 5.32 Å². The quantitative estimate of drug-likeness (QED) is 0.504. The van der Waals surface area contributed by atoms with Gasteiger partial charge in [0, 0.05) is 17.0 Å². The van der Waals surface area contributed by atoms with Crippen LogP contribution in [0.5, 0.6) is 0 Å². The molecule has 0 saturated heterocycles. The van der Waals surface area contributed by atoms with Crippen LogP contribution in [0.15, 0.2) is 18.2 Å².